The Kier molecular flexibility index (Phi) is 11.3. The van der Waals surface area contributed by atoms with E-state index in [9.17, 15) is 13.2 Å². The summed E-state index contributed by atoms with van der Waals surface area (Å²) in [4.78, 5) is 9.46. The highest BCUT2D eigenvalue weighted by Crippen LogP contribution is 2.29. The Labute approximate surface area is 189 Å². The van der Waals surface area contributed by atoms with Crippen LogP contribution < -0.4 is 10.6 Å². The molecule has 0 spiro atoms. The van der Waals surface area contributed by atoms with Crippen molar-refractivity contribution in [1.82, 2.24) is 20.4 Å². The lowest BCUT2D eigenvalue weighted by atomic mass is 10.1. The van der Waals surface area contributed by atoms with Gasteiger partial charge in [0.05, 0.1) is 12.1 Å². The predicted molar refractivity (Wildman–Crippen MR) is 123 cm³/mol. The Bertz CT molecular complexity index is 614. The van der Waals surface area contributed by atoms with E-state index in [-0.39, 0.29) is 24.0 Å². The van der Waals surface area contributed by atoms with Crippen LogP contribution in [0.3, 0.4) is 0 Å². The fourth-order valence-corrected chi connectivity index (χ4v) is 3.13. The first-order valence-electron chi connectivity index (χ1n) is 9.90. The highest BCUT2D eigenvalue weighted by atomic mass is 127. The summed E-state index contributed by atoms with van der Waals surface area (Å²) in [5.41, 5.74) is 0.249. The van der Waals surface area contributed by atoms with Gasteiger partial charge in [0.1, 0.15) is 0 Å². The van der Waals surface area contributed by atoms with Crippen LogP contribution in [0.15, 0.2) is 29.3 Å². The van der Waals surface area contributed by atoms with Gasteiger partial charge in [-0.15, -0.1) is 24.0 Å². The molecule has 9 heteroatoms. The quantitative estimate of drug-likeness (QED) is 0.325. The Morgan fingerprint density at radius 3 is 2.28 bits per heavy atom. The number of benzene rings is 1. The summed E-state index contributed by atoms with van der Waals surface area (Å²) in [6.45, 7) is 10.6. The Morgan fingerprint density at radius 1 is 1.10 bits per heavy atom. The first kappa shape index (κ1) is 26.0. The minimum Gasteiger partial charge on any atom is -0.357 e. The number of hydrogen-bond donors (Lipinski definition) is 2. The van der Waals surface area contributed by atoms with E-state index in [0.717, 1.165) is 56.4 Å². The monoisotopic (exact) mass is 527 g/mol. The van der Waals surface area contributed by atoms with Crippen LogP contribution >= 0.6 is 24.0 Å². The zero-order valence-electron chi connectivity index (χ0n) is 17.4. The number of rotatable bonds is 7. The molecule has 0 radical (unpaired) electrons. The van der Waals surface area contributed by atoms with Crippen molar-refractivity contribution in [2.24, 2.45) is 4.99 Å². The van der Waals surface area contributed by atoms with Crippen LogP contribution in [0.1, 0.15) is 25.0 Å². The average Bonchev–Trinajstić information content (AvgIpc) is 2.66. The van der Waals surface area contributed by atoms with Crippen molar-refractivity contribution < 1.29 is 13.2 Å². The van der Waals surface area contributed by atoms with Crippen LogP contribution in [0.2, 0.25) is 0 Å². The molecular weight excluding hydrogens is 494 g/mol. The summed E-state index contributed by atoms with van der Waals surface area (Å²) in [6.07, 6.45) is -3.65. The maximum absolute atomic E-state index is 12.6. The molecule has 1 aliphatic rings. The lowest BCUT2D eigenvalue weighted by Gasteiger charge is -2.35. The molecule has 1 aliphatic heterocycles. The molecule has 0 amide bonds. The molecule has 0 aromatic heterocycles. The van der Waals surface area contributed by atoms with Crippen molar-refractivity contribution in [2.45, 2.75) is 32.5 Å². The second kappa shape index (κ2) is 12.6. The molecule has 5 nitrogen and oxygen atoms in total. The number of hydrogen-bond acceptors (Lipinski definition) is 3. The third-order valence-electron chi connectivity index (χ3n) is 5.01. The number of alkyl halides is 3. The van der Waals surface area contributed by atoms with Crippen LogP contribution in [-0.2, 0) is 12.6 Å². The van der Waals surface area contributed by atoms with E-state index in [4.69, 9.17) is 0 Å². The highest BCUT2D eigenvalue weighted by Gasteiger charge is 2.29. The van der Waals surface area contributed by atoms with Crippen LogP contribution in [0.25, 0.3) is 0 Å². The second-order valence-corrected chi connectivity index (χ2v) is 7.28. The van der Waals surface area contributed by atoms with Crippen molar-refractivity contribution in [3.05, 3.63) is 35.4 Å². The molecule has 1 saturated heterocycles. The second-order valence-electron chi connectivity index (χ2n) is 7.28. The summed E-state index contributed by atoms with van der Waals surface area (Å²) in [5.74, 6) is 0.746. The number of aliphatic imine (C=N–C) groups is 1. The van der Waals surface area contributed by atoms with Crippen molar-refractivity contribution in [3.8, 4) is 0 Å². The standard InChI is InChI=1S/C20H32F3N5.HI/c1-4-24-19(26-15-16(2)28-13-11-27(3)12-14-28)25-10-9-17-5-7-18(8-6-17)20(21,22)23;/h5-8,16H,4,9-15H2,1-3H3,(H2,24,25,26);1H. The molecule has 0 saturated carbocycles. The lowest BCUT2D eigenvalue weighted by molar-refractivity contribution is -0.137. The normalized spacial score (nSPS) is 17.5. The van der Waals surface area contributed by atoms with Gasteiger partial charge in [0, 0.05) is 45.3 Å². The van der Waals surface area contributed by atoms with Crippen LogP contribution in [0.5, 0.6) is 0 Å². The smallest absolute Gasteiger partial charge is 0.357 e. The fourth-order valence-electron chi connectivity index (χ4n) is 3.13. The molecule has 1 heterocycles. The van der Waals surface area contributed by atoms with Crippen molar-refractivity contribution in [2.75, 3.05) is 52.9 Å². The zero-order chi connectivity index (χ0) is 20.6. The van der Waals surface area contributed by atoms with Crippen molar-refractivity contribution in [3.63, 3.8) is 0 Å². The molecule has 2 N–H and O–H groups in total. The highest BCUT2D eigenvalue weighted by molar-refractivity contribution is 14.0. The average molecular weight is 527 g/mol. The van der Waals surface area contributed by atoms with Gasteiger partial charge in [0.2, 0.25) is 0 Å². The molecule has 1 aromatic rings. The van der Waals surface area contributed by atoms with Crippen molar-refractivity contribution in [1.29, 1.82) is 0 Å². The van der Waals surface area contributed by atoms with Crippen molar-refractivity contribution >= 4 is 29.9 Å². The Hall–Kier alpha value is -1.07. The molecule has 2 rings (SSSR count). The molecular formula is C20H33F3IN5. The van der Waals surface area contributed by atoms with Gasteiger partial charge in [-0.05, 0) is 45.0 Å². The van der Waals surface area contributed by atoms with Gasteiger partial charge < -0.3 is 15.5 Å². The number of nitrogens with zero attached hydrogens (tertiary/aromatic N) is 3. The lowest BCUT2D eigenvalue weighted by Crippen LogP contribution is -2.49. The Balaban J connectivity index is 0.00000420. The van der Waals surface area contributed by atoms with Gasteiger partial charge in [0.25, 0.3) is 0 Å². The maximum Gasteiger partial charge on any atom is 0.416 e. The molecule has 166 valence electrons. The number of piperazine rings is 1. The first-order chi connectivity index (χ1) is 13.3. The van der Waals surface area contributed by atoms with E-state index in [0.29, 0.717) is 25.6 Å². The van der Waals surface area contributed by atoms with E-state index >= 15 is 0 Å². The summed E-state index contributed by atoms with van der Waals surface area (Å²) >= 11 is 0. The fraction of sp³-hybridized carbons (Fsp3) is 0.650. The number of likely N-dealkylation sites (N-methyl/N-ethyl adjacent to an activating group) is 1. The third kappa shape index (κ3) is 9.08. The molecule has 1 aromatic carbocycles. The number of nitrogens with one attached hydrogen (secondary N) is 2. The molecule has 0 bridgehead atoms. The minimum atomic E-state index is -4.29. The van der Waals surface area contributed by atoms with E-state index in [2.05, 4.69) is 39.4 Å². The first-order valence-corrected chi connectivity index (χ1v) is 9.90. The van der Waals surface area contributed by atoms with Crippen LogP contribution in [0, 0.1) is 0 Å². The minimum absolute atomic E-state index is 0. The summed E-state index contributed by atoms with van der Waals surface area (Å²) < 4.78 is 37.9. The molecule has 1 fully saturated rings. The van der Waals surface area contributed by atoms with Gasteiger partial charge in [-0.2, -0.15) is 13.2 Å². The summed E-state index contributed by atoms with van der Waals surface area (Å²) in [6, 6.07) is 5.70. The molecule has 0 aliphatic carbocycles. The zero-order valence-corrected chi connectivity index (χ0v) is 19.8. The van der Waals surface area contributed by atoms with E-state index in [1.54, 1.807) is 0 Å². The largest absolute Gasteiger partial charge is 0.416 e. The van der Waals surface area contributed by atoms with E-state index < -0.39 is 11.7 Å². The topological polar surface area (TPSA) is 42.9 Å². The van der Waals surface area contributed by atoms with Gasteiger partial charge in [-0.25, -0.2) is 0 Å². The van der Waals surface area contributed by atoms with Gasteiger partial charge in [-0.1, -0.05) is 12.1 Å². The van der Waals surface area contributed by atoms with Crippen LogP contribution in [0.4, 0.5) is 13.2 Å². The summed E-state index contributed by atoms with van der Waals surface area (Å²) in [7, 11) is 2.14. The number of halogens is 4. The van der Waals surface area contributed by atoms with Crippen LogP contribution in [-0.4, -0.2) is 74.7 Å². The third-order valence-corrected chi connectivity index (χ3v) is 5.01. The van der Waals surface area contributed by atoms with E-state index in [1.165, 1.54) is 12.1 Å². The van der Waals surface area contributed by atoms with Gasteiger partial charge in [-0.3, -0.25) is 9.89 Å². The van der Waals surface area contributed by atoms with Gasteiger partial charge in [0.15, 0.2) is 5.96 Å². The van der Waals surface area contributed by atoms with E-state index in [1.807, 2.05) is 6.92 Å². The summed E-state index contributed by atoms with van der Waals surface area (Å²) in [5, 5.41) is 6.50. The van der Waals surface area contributed by atoms with Gasteiger partial charge >= 0.3 is 6.18 Å². The number of guanidine groups is 1. The SMILES string of the molecule is CCNC(=NCC(C)N1CCN(C)CC1)NCCc1ccc(C(F)(F)F)cc1.I. The maximum atomic E-state index is 12.6. The molecule has 1 atom stereocenters. The molecule has 29 heavy (non-hydrogen) atoms. The predicted octanol–water partition coefficient (Wildman–Crippen LogP) is 3.06. The Morgan fingerprint density at radius 2 is 1.72 bits per heavy atom. The molecule has 1 unspecified atom stereocenters.